The van der Waals surface area contributed by atoms with Gasteiger partial charge >= 0.3 is 6.03 Å². The van der Waals surface area contributed by atoms with Gasteiger partial charge in [-0.2, -0.15) is 4.31 Å². The SMILES string of the molecule is CC(C)(CS(=O)(=O)N1CC=C(c2ccc(NC(=O)N3Cc4cc(F)cc(F)c4C3)cc2)CC1)OCc1ccccc1. The second kappa shape index (κ2) is 11.7. The molecule has 1 N–H and O–H groups in total. The van der Waals surface area contributed by atoms with Gasteiger partial charge in [0.2, 0.25) is 10.0 Å². The molecule has 5 rings (SSSR count). The zero-order chi connectivity index (χ0) is 29.2. The summed E-state index contributed by atoms with van der Waals surface area (Å²) in [6, 6.07) is 18.6. The standard InChI is InChI=1S/C31H33F2N3O4S/c1-31(2,40-20-22-6-4-3-5-7-22)21-41(38,39)36-14-12-24(13-15-36)23-8-10-27(11-9-23)34-30(37)35-18-25-16-26(32)17-29(33)28(25)19-35/h3-12,16-17H,13-15,18-21H2,1-2H3,(H,34,37). The Kier molecular flexibility index (Phi) is 8.26. The van der Waals surface area contributed by atoms with Crippen LogP contribution in [0.3, 0.4) is 0 Å². The lowest BCUT2D eigenvalue weighted by Crippen LogP contribution is -2.43. The molecule has 0 spiro atoms. The predicted molar refractivity (Wildman–Crippen MR) is 154 cm³/mol. The molecule has 2 amide bonds. The number of urea groups is 1. The van der Waals surface area contributed by atoms with Crippen LogP contribution in [0, 0.1) is 11.6 Å². The maximum atomic E-state index is 14.0. The number of ether oxygens (including phenoxy) is 1. The van der Waals surface area contributed by atoms with Crippen LogP contribution in [-0.2, 0) is 34.5 Å². The van der Waals surface area contributed by atoms with Crippen LogP contribution >= 0.6 is 0 Å². The van der Waals surface area contributed by atoms with E-state index in [0.29, 0.717) is 36.4 Å². The van der Waals surface area contributed by atoms with Gasteiger partial charge in [-0.05, 0) is 60.7 Å². The Morgan fingerprint density at radius 1 is 1.02 bits per heavy atom. The minimum atomic E-state index is -3.54. The van der Waals surface area contributed by atoms with Crippen LogP contribution in [0.1, 0.15) is 42.5 Å². The second-order valence-electron chi connectivity index (χ2n) is 11.0. The zero-order valence-corrected chi connectivity index (χ0v) is 23.9. The molecule has 0 radical (unpaired) electrons. The second-order valence-corrected chi connectivity index (χ2v) is 13.0. The molecule has 0 atom stereocenters. The number of carbonyl (C=O) groups excluding carboxylic acids is 1. The van der Waals surface area contributed by atoms with E-state index in [4.69, 9.17) is 4.74 Å². The van der Waals surface area contributed by atoms with Crippen molar-refractivity contribution < 1.29 is 26.7 Å². The van der Waals surface area contributed by atoms with Crippen LogP contribution in [0.5, 0.6) is 0 Å². The molecular weight excluding hydrogens is 548 g/mol. The third-order valence-corrected chi connectivity index (χ3v) is 9.50. The largest absolute Gasteiger partial charge is 0.370 e. The highest BCUT2D eigenvalue weighted by Gasteiger charge is 2.33. The molecule has 2 aliphatic heterocycles. The lowest BCUT2D eigenvalue weighted by atomic mass is 10.0. The van der Waals surface area contributed by atoms with Gasteiger partial charge in [0.05, 0.1) is 24.5 Å². The summed E-state index contributed by atoms with van der Waals surface area (Å²) in [4.78, 5) is 14.1. The summed E-state index contributed by atoms with van der Waals surface area (Å²) >= 11 is 0. The Hall–Kier alpha value is -3.60. The van der Waals surface area contributed by atoms with Crippen molar-refractivity contribution in [3.8, 4) is 0 Å². The van der Waals surface area contributed by atoms with Crippen LogP contribution in [0.15, 0.2) is 72.8 Å². The van der Waals surface area contributed by atoms with Crippen molar-refractivity contribution in [1.82, 2.24) is 9.21 Å². The van der Waals surface area contributed by atoms with Gasteiger partial charge in [-0.25, -0.2) is 22.0 Å². The molecule has 0 aliphatic carbocycles. The van der Waals surface area contributed by atoms with E-state index in [1.165, 1.54) is 15.3 Å². The Labute approximate surface area is 239 Å². The first-order valence-electron chi connectivity index (χ1n) is 13.5. The Bertz CT molecular complexity index is 1560. The first-order chi connectivity index (χ1) is 19.5. The molecule has 0 unspecified atom stereocenters. The summed E-state index contributed by atoms with van der Waals surface area (Å²) in [5.41, 5.74) is 3.49. The molecule has 0 saturated carbocycles. The van der Waals surface area contributed by atoms with Gasteiger partial charge in [0, 0.05) is 37.0 Å². The van der Waals surface area contributed by atoms with Gasteiger partial charge in [0.15, 0.2) is 0 Å². The number of nitrogens with zero attached hydrogens (tertiary/aromatic N) is 2. The summed E-state index contributed by atoms with van der Waals surface area (Å²) in [5, 5.41) is 2.80. The van der Waals surface area contributed by atoms with Crippen molar-refractivity contribution in [2.45, 2.75) is 45.6 Å². The number of amides is 2. The molecule has 7 nitrogen and oxygen atoms in total. The van der Waals surface area contributed by atoms with E-state index >= 15 is 0 Å². The number of anilines is 1. The van der Waals surface area contributed by atoms with Crippen molar-refractivity contribution in [3.63, 3.8) is 0 Å². The third-order valence-electron chi connectivity index (χ3n) is 7.32. The topological polar surface area (TPSA) is 79.0 Å². The van der Waals surface area contributed by atoms with Crippen LogP contribution in [0.2, 0.25) is 0 Å². The van der Waals surface area contributed by atoms with Crippen LogP contribution < -0.4 is 5.32 Å². The molecule has 0 fully saturated rings. The quantitative estimate of drug-likeness (QED) is 0.358. The first-order valence-corrected chi connectivity index (χ1v) is 15.1. The van der Waals surface area contributed by atoms with E-state index in [-0.39, 0.29) is 25.4 Å². The number of hydrogen-bond donors (Lipinski definition) is 1. The summed E-state index contributed by atoms with van der Waals surface area (Å²) < 4.78 is 61.3. The summed E-state index contributed by atoms with van der Waals surface area (Å²) in [6.07, 6.45) is 2.48. The summed E-state index contributed by atoms with van der Waals surface area (Å²) in [5.74, 6) is -1.42. The molecule has 10 heteroatoms. The van der Waals surface area contributed by atoms with Crippen molar-refractivity contribution in [2.24, 2.45) is 0 Å². The predicted octanol–water partition coefficient (Wildman–Crippen LogP) is 5.93. The summed E-state index contributed by atoms with van der Waals surface area (Å²) in [6.45, 7) is 4.78. The van der Waals surface area contributed by atoms with Crippen molar-refractivity contribution in [1.29, 1.82) is 0 Å². The molecule has 3 aromatic carbocycles. The minimum Gasteiger partial charge on any atom is -0.370 e. The fourth-order valence-corrected chi connectivity index (χ4v) is 6.95. The normalized spacial score (nSPS) is 15.9. The molecule has 0 saturated heterocycles. The number of halogens is 2. The fraction of sp³-hybridized carbons (Fsp3) is 0.323. The lowest BCUT2D eigenvalue weighted by molar-refractivity contribution is -0.0130. The smallest absolute Gasteiger partial charge is 0.322 e. The number of hydrogen-bond acceptors (Lipinski definition) is 4. The minimum absolute atomic E-state index is 0.0774. The third kappa shape index (κ3) is 7.01. The van der Waals surface area contributed by atoms with Gasteiger partial charge in [-0.15, -0.1) is 0 Å². The van der Waals surface area contributed by atoms with Crippen molar-refractivity contribution in [3.05, 3.63) is 107 Å². The zero-order valence-electron chi connectivity index (χ0n) is 23.1. The highest BCUT2D eigenvalue weighted by molar-refractivity contribution is 7.89. The Morgan fingerprint density at radius 3 is 2.44 bits per heavy atom. The van der Waals surface area contributed by atoms with E-state index in [1.807, 2.05) is 48.5 Å². The average molecular weight is 582 g/mol. The van der Waals surface area contributed by atoms with Gasteiger partial charge < -0.3 is 15.0 Å². The van der Waals surface area contributed by atoms with Gasteiger partial charge in [0.25, 0.3) is 0 Å². The molecule has 41 heavy (non-hydrogen) atoms. The number of rotatable bonds is 8. The van der Waals surface area contributed by atoms with Crippen LogP contribution in [-0.4, -0.2) is 48.1 Å². The van der Waals surface area contributed by atoms with Gasteiger partial charge in [0.1, 0.15) is 11.6 Å². The number of nitrogens with one attached hydrogen (secondary N) is 1. The van der Waals surface area contributed by atoms with Crippen LogP contribution in [0.25, 0.3) is 5.57 Å². The monoisotopic (exact) mass is 581 g/mol. The van der Waals surface area contributed by atoms with Crippen LogP contribution in [0.4, 0.5) is 19.3 Å². The van der Waals surface area contributed by atoms with Gasteiger partial charge in [-0.3, -0.25) is 0 Å². The Balaban J connectivity index is 1.14. The number of sulfonamides is 1. The van der Waals surface area contributed by atoms with E-state index in [2.05, 4.69) is 5.32 Å². The number of benzene rings is 3. The molecule has 0 aromatic heterocycles. The molecule has 2 heterocycles. The molecule has 0 bridgehead atoms. The first kappa shape index (κ1) is 28.9. The maximum Gasteiger partial charge on any atom is 0.322 e. The number of fused-ring (bicyclic) bond motifs is 1. The van der Waals surface area contributed by atoms with E-state index in [9.17, 15) is 22.0 Å². The Morgan fingerprint density at radius 2 is 1.76 bits per heavy atom. The maximum absolute atomic E-state index is 14.0. The molecular formula is C31H33F2N3O4S. The van der Waals surface area contributed by atoms with E-state index in [1.54, 1.807) is 26.0 Å². The molecule has 2 aliphatic rings. The highest BCUT2D eigenvalue weighted by atomic mass is 32.2. The lowest BCUT2D eigenvalue weighted by Gasteiger charge is -2.31. The van der Waals surface area contributed by atoms with E-state index in [0.717, 1.165) is 22.8 Å². The van der Waals surface area contributed by atoms with Crippen molar-refractivity contribution >= 4 is 27.3 Å². The van der Waals surface area contributed by atoms with E-state index < -0.39 is 33.3 Å². The van der Waals surface area contributed by atoms with Gasteiger partial charge in [-0.1, -0.05) is 48.5 Å². The summed E-state index contributed by atoms with van der Waals surface area (Å²) in [7, 11) is -3.54. The molecule has 216 valence electrons. The fourth-order valence-electron chi connectivity index (χ4n) is 5.13. The average Bonchev–Trinajstić information content (AvgIpc) is 3.37. The molecule has 3 aromatic rings. The highest BCUT2D eigenvalue weighted by Crippen LogP contribution is 2.29. The van der Waals surface area contributed by atoms with Crippen molar-refractivity contribution in [2.75, 3.05) is 24.2 Å². The number of carbonyl (C=O) groups is 1.